The largest absolute Gasteiger partial charge is 1.00 e. The van der Waals surface area contributed by atoms with Gasteiger partial charge in [0.05, 0.1) is 0 Å². The van der Waals surface area contributed by atoms with Gasteiger partial charge in [-0.1, -0.05) is 0 Å². The molecule has 0 saturated carbocycles. The first-order valence-corrected chi connectivity index (χ1v) is 4.51. The molecule has 66 valence electrons. The molecule has 0 atom stereocenters. The molecule has 0 unspecified atom stereocenters. The Morgan fingerprint density at radius 1 is 1.14 bits per heavy atom. The fraction of sp³-hybridized carbons (Fsp3) is 0. The van der Waals surface area contributed by atoms with Crippen LogP contribution in [0.3, 0.4) is 0 Å². The second-order valence-electron chi connectivity index (χ2n) is 2.11. The minimum atomic E-state index is -4.94. The maximum Gasteiger partial charge on any atom is 1.00 e. The van der Waals surface area contributed by atoms with E-state index in [9.17, 15) is 14.4 Å². The zero-order valence-electron chi connectivity index (χ0n) is 7.97. The van der Waals surface area contributed by atoms with Gasteiger partial charge in [0, 0.05) is 5.69 Å². The van der Waals surface area contributed by atoms with Crippen LogP contribution in [0.4, 0.5) is 5.69 Å². The Morgan fingerprint density at radius 3 is 1.93 bits per heavy atom. The summed E-state index contributed by atoms with van der Waals surface area (Å²) >= 11 is 0. The van der Waals surface area contributed by atoms with E-state index < -0.39 is 7.82 Å². The summed E-state index contributed by atoms with van der Waals surface area (Å²) < 4.78 is 14.1. The molecule has 0 heterocycles. The first-order chi connectivity index (χ1) is 5.47. The van der Waals surface area contributed by atoms with Gasteiger partial charge in [-0.2, -0.15) is 0 Å². The normalized spacial score (nSPS) is 9.57. The van der Waals surface area contributed by atoms with Crippen LogP contribution in [-0.2, 0) is 4.57 Å². The molecule has 14 heavy (non-hydrogen) atoms. The van der Waals surface area contributed by atoms with Crippen molar-refractivity contribution in [1.82, 2.24) is 0 Å². The van der Waals surface area contributed by atoms with Gasteiger partial charge < -0.3 is 24.6 Å². The van der Waals surface area contributed by atoms with Crippen LogP contribution in [0.25, 0.3) is 0 Å². The number of rotatable bonds is 2. The fourth-order valence-electron chi connectivity index (χ4n) is 0.658. The standard InChI is InChI=1S/C6H8NO4P.2Li/c7-5-1-3-6(4-2-5)11-12(8,9)10;;/h1-4H,7H2,(H2,8,9,10);;/q;2*+1/p-2. The van der Waals surface area contributed by atoms with E-state index in [-0.39, 0.29) is 43.5 Å². The molecule has 0 saturated heterocycles. The van der Waals surface area contributed by atoms with Crippen molar-refractivity contribution < 1.29 is 56.6 Å². The van der Waals surface area contributed by atoms with E-state index in [2.05, 4.69) is 4.52 Å². The third kappa shape index (κ3) is 6.59. The van der Waals surface area contributed by atoms with E-state index in [1.54, 1.807) is 0 Å². The summed E-state index contributed by atoms with van der Waals surface area (Å²) in [5, 5.41) is 0. The smallest absolute Gasteiger partial charge is 0.780 e. The van der Waals surface area contributed by atoms with E-state index >= 15 is 0 Å². The van der Waals surface area contributed by atoms with E-state index in [1.165, 1.54) is 24.3 Å². The molecule has 0 radical (unpaired) electrons. The maximum absolute atomic E-state index is 10.1. The first kappa shape index (κ1) is 16.6. The molecule has 0 aliphatic rings. The van der Waals surface area contributed by atoms with Crippen molar-refractivity contribution in [3.8, 4) is 5.75 Å². The molecule has 0 bridgehead atoms. The number of nitrogens with two attached hydrogens (primary N) is 1. The van der Waals surface area contributed by atoms with Gasteiger partial charge in [0.25, 0.3) is 0 Å². The molecule has 1 aromatic rings. The molecule has 0 aromatic heterocycles. The summed E-state index contributed by atoms with van der Waals surface area (Å²) in [6, 6.07) is 5.48. The van der Waals surface area contributed by atoms with Crippen molar-refractivity contribution in [2.75, 3.05) is 5.73 Å². The Bertz CT molecular complexity index is 312. The third-order valence-electron chi connectivity index (χ3n) is 1.10. The van der Waals surface area contributed by atoms with Crippen molar-refractivity contribution >= 4 is 13.5 Å². The van der Waals surface area contributed by atoms with Crippen molar-refractivity contribution in [2.45, 2.75) is 0 Å². The van der Waals surface area contributed by atoms with E-state index in [0.29, 0.717) is 5.69 Å². The van der Waals surface area contributed by atoms with Crippen molar-refractivity contribution in [3.63, 3.8) is 0 Å². The van der Waals surface area contributed by atoms with Gasteiger partial charge in [-0.3, -0.25) is 0 Å². The maximum atomic E-state index is 10.1. The monoisotopic (exact) mass is 201 g/mol. The van der Waals surface area contributed by atoms with Gasteiger partial charge in [0.2, 0.25) is 0 Å². The van der Waals surface area contributed by atoms with Gasteiger partial charge in [0.1, 0.15) is 13.6 Å². The number of nitrogen functional groups attached to an aromatic ring is 1. The van der Waals surface area contributed by atoms with E-state index in [4.69, 9.17) is 5.73 Å². The van der Waals surface area contributed by atoms with Crippen molar-refractivity contribution in [1.29, 1.82) is 0 Å². The van der Waals surface area contributed by atoms with Gasteiger partial charge in [0.15, 0.2) is 0 Å². The van der Waals surface area contributed by atoms with Crippen LogP contribution in [0.5, 0.6) is 5.75 Å². The third-order valence-corrected chi connectivity index (χ3v) is 1.53. The number of phosphoric ester groups is 1. The van der Waals surface area contributed by atoms with E-state index in [1.807, 2.05) is 0 Å². The molecule has 0 aliphatic carbocycles. The molecule has 1 rings (SSSR count). The molecule has 8 heteroatoms. The van der Waals surface area contributed by atoms with Gasteiger partial charge in [-0.25, -0.2) is 0 Å². The van der Waals surface area contributed by atoms with Gasteiger partial charge >= 0.3 is 37.7 Å². The quantitative estimate of drug-likeness (QED) is 0.291. The van der Waals surface area contributed by atoms with Gasteiger partial charge in [-0.15, -0.1) is 0 Å². The summed E-state index contributed by atoms with van der Waals surface area (Å²) in [6.07, 6.45) is 0. The average Bonchev–Trinajstić information content (AvgIpc) is 1.91. The number of phosphoric acid groups is 1. The Labute approximate surface area is 106 Å². The molecule has 0 fully saturated rings. The van der Waals surface area contributed by atoms with Crippen LogP contribution in [0.2, 0.25) is 0 Å². The van der Waals surface area contributed by atoms with Crippen LogP contribution < -0.4 is 57.8 Å². The number of hydrogen-bond acceptors (Lipinski definition) is 5. The topological polar surface area (TPSA) is 98.4 Å². The molecular weight excluding hydrogens is 195 g/mol. The molecule has 0 aliphatic heterocycles. The minimum Gasteiger partial charge on any atom is -0.780 e. The SMILES string of the molecule is Nc1ccc(OP(=O)([O-])[O-])cc1.[Li+].[Li+]. The average molecular weight is 201 g/mol. The summed E-state index contributed by atoms with van der Waals surface area (Å²) in [4.78, 5) is 20.2. The Hall–Kier alpha value is 0.165. The van der Waals surface area contributed by atoms with Gasteiger partial charge in [-0.05, 0) is 24.3 Å². The van der Waals surface area contributed by atoms with Crippen LogP contribution in [0, 0.1) is 0 Å². The molecule has 2 N–H and O–H groups in total. The van der Waals surface area contributed by atoms with E-state index in [0.717, 1.165) is 0 Å². The van der Waals surface area contributed by atoms with Crippen molar-refractivity contribution in [3.05, 3.63) is 24.3 Å². The summed E-state index contributed by atoms with van der Waals surface area (Å²) in [5.74, 6) is -0.0301. The predicted molar refractivity (Wildman–Crippen MR) is 39.1 cm³/mol. The fourth-order valence-corrected chi connectivity index (χ4v) is 1.04. The number of hydrogen-bond donors (Lipinski definition) is 1. The molecular formula is C6H6Li2NO4P. The van der Waals surface area contributed by atoms with Crippen LogP contribution >= 0.6 is 7.82 Å². The minimum absolute atomic E-state index is 0. The second-order valence-corrected chi connectivity index (χ2v) is 3.18. The Balaban J connectivity index is 0. The molecule has 1 aromatic carbocycles. The van der Waals surface area contributed by atoms with Crippen LogP contribution in [-0.4, -0.2) is 0 Å². The van der Waals surface area contributed by atoms with Crippen LogP contribution in [0.15, 0.2) is 24.3 Å². The summed E-state index contributed by atoms with van der Waals surface area (Å²) in [5.41, 5.74) is 5.78. The summed E-state index contributed by atoms with van der Waals surface area (Å²) in [6.45, 7) is 0. The van der Waals surface area contributed by atoms with Crippen LogP contribution in [0.1, 0.15) is 0 Å². The molecule has 5 nitrogen and oxygen atoms in total. The first-order valence-electron chi connectivity index (χ1n) is 3.04. The number of benzene rings is 1. The zero-order chi connectivity index (χ0) is 9.19. The Morgan fingerprint density at radius 2 is 1.57 bits per heavy atom. The Kier molecular flexibility index (Phi) is 7.84. The van der Waals surface area contributed by atoms with Crippen molar-refractivity contribution in [2.24, 2.45) is 0 Å². The second kappa shape index (κ2) is 6.61. The molecule has 0 amide bonds. The number of anilines is 1. The molecule has 0 spiro atoms. The zero-order valence-corrected chi connectivity index (χ0v) is 8.86. The predicted octanol–water partition coefficient (Wildman–Crippen LogP) is -6.52. The summed E-state index contributed by atoms with van der Waals surface area (Å²) in [7, 11) is -4.94.